The third-order valence-electron chi connectivity index (χ3n) is 0.862. The second kappa shape index (κ2) is 5.95. The summed E-state index contributed by atoms with van der Waals surface area (Å²) in [6.07, 6.45) is 0. The second-order valence-corrected chi connectivity index (χ2v) is 1.43. The topological polar surface area (TPSA) is 29.4 Å². The Balaban J connectivity index is 0.000000371. The number of benzene rings is 1. The van der Waals surface area contributed by atoms with Gasteiger partial charge < -0.3 is 0 Å². The van der Waals surface area contributed by atoms with Gasteiger partial charge in [-0.1, -0.05) is 32.0 Å². The smallest absolute Gasteiger partial charge is 0.107 e. The molecule has 2 heteroatoms. The molecule has 0 spiro atoms. The fourth-order valence-corrected chi connectivity index (χ4v) is 0.489. The van der Waals surface area contributed by atoms with Crippen LogP contribution in [0.5, 0.6) is 0 Å². The Morgan fingerprint density at radius 3 is 1.90 bits per heavy atom. The van der Waals surface area contributed by atoms with Crippen LogP contribution in [-0.2, 0) is 0 Å². The standard InChI is InChI=1S/C6H5NO.C2H6/c8-7-6-4-2-1-3-5-6;1-2/h1-5H;1-2H3. The molecule has 2 nitrogen and oxygen atoms in total. The lowest BCUT2D eigenvalue weighted by molar-refractivity contribution is 1.50. The Hall–Kier alpha value is -1.18. The van der Waals surface area contributed by atoms with Gasteiger partial charge in [-0.3, -0.25) is 0 Å². The lowest BCUT2D eigenvalue weighted by atomic mass is 10.3. The van der Waals surface area contributed by atoms with Gasteiger partial charge in [-0.15, -0.1) is 4.91 Å². The molecule has 0 radical (unpaired) electrons. The predicted octanol–water partition coefficient (Wildman–Crippen LogP) is 3.11. The van der Waals surface area contributed by atoms with E-state index in [4.69, 9.17) is 0 Å². The quantitative estimate of drug-likeness (QED) is 0.547. The first-order valence-electron chi connectivity index (χ1n) is 3.32. The Bertz CT molecular complexity index is 172. The maximum absolute atomic E-state index is 9.76. The predicted molar refractivity (Wildman–Crippen MR) is 43.2 cm³/mol. The summed E-state index contributed by atoms with van der Waals surface area (Å²) >= 11 is 0. The van der Waals surface area contributed by atoms with E-state index in [1.54, 1.807) is 24.3 Å². The average Bonchev–Trinajstić information content (AvgIpc) is 2.10. The van der Waals surface area contributed by atoms with E-state index in [1.807, 2.05) is 19.9 Å². The third-order valence-corrected chi connectivity index (χ3v) is 0.862. The van der Waals surface area contributed by atoms with Gasteiger partial charge in [0, 0.05) is 0 Å². The van der Waals surface area contributed by atoms with Crippen LogP contribution in [-0.4, -0.2) is 0 Å². The van der Waals surface area contributed by atoms with Crippen molar-refractivity contribution in [1.82, 2.24) is 0 Å². The molecule has 1 rings (SSSR count). The van der Waals surface area contributed by atoms with Crippen LogP contribution in [0.2, 0.25) is 0 Å². The van der Waals surface area contributed by atoms with Crippen LogP contribution < -0.4 is 0 Å². The molecule has 0 bridgehead atoms. The van der Waals surface area contributed by atoms with Gasteiger partial charge in [0.05, 0.1) is 0 Å². The van der Waals surface area contributed by atoms with Crippen molar-refractivity contribution >= 4 is 5.69 Å². The minimum absolute atomic E-state index is 0.479. The van der Waals surface area contributed by atoms with Crippen molar-refractivity contribution in [3.05, 3.63) is 35.2 Å². The van der Waals surface area contributed by atoms with Gasteiger partial charge in [-0.25, -0.2) is 0 Å². The van der Waals surface area contributed by atoms with Crippen LogP contribution in [0.1, 0.15) is 13.8 Å². The van der Waals surface area contributed by atoms with Crippen LogP contribution in [0.3, 0.4) is 0 Å². The van der Waals surface area contributed by atoms with Crippen LogP contribution in [0.4, 0.5) is 5.69 Å². The van der Waals surface area contributed by atoms with Crippen LogP contribution in [0.25, 0.3) is 0 Å². The minimum Gasteiger partial charge on any atom is -0.145 e. The van der Waals surface area contributed by atoms with Gasteiger partial charge in [-0.05, 0) is 17.3 Å². The molecule has 10 heavy (non-hydrogen) atoms. The molecule has 0 aromatic heterocycles. The molecule has 0 fully saturated rings. The van der Waals surface area contributed by atoms with Crippen molar-refractivity contribution in [2.24, 2.45) is 5.18 Å². The zero-order chi connectivity index (χ0) is 7.82. The molecule has 0 N–H and O–H groups in total. The zero-order valence-electron chi connectivity index (χ0n) is 6.24. The van der Waals surface area contributed by atoms with Gasteiger partial charge in [0.1, 0.15) is 5.69 Å². The maximum atomic E-state index is 9.76. The number of nitrogens with zero attached hydrogens (tertiary/aromatic N) is 1. The van der Waals surface area contributed by atoms with E-state index in [0.717, 1.165) is 0 Å². The summed E-state index contributed by atoms with van der Waals surface area (Å²) in [7, 11) is 0. The monoisotopic (exact) mass is 137 g/mol. The summed E-state index contributed by atoms with van der Waals surface area (Å²) < 4.78 is 0. The summed E-state index contributed by atoms with van der Waals surface area (Å²) in [5.74, 6) is 0. The van der Waals surface area contributed by atoms with Crippen molar-refractivity contribution in [1.29, 1.82) is 0 Å². The molecular formula is C8H11NO. The van der Waals surface area contributed by atoms with Gasteiger partial charge >= 0.3 is 0 Å². The fourth-order valence-electron chi connectivity index (χ4n) is 0.489. The largest absolute Gasteiger partial charge is 0.145 e. The van der Waals surface area contributed by atoms with Crippen LogP contribution in [0, 0.1) is 4.91 Å². The number of hydrogen-bond acceptors (Lipinski definition) is 2. The van der Waals surface area contributed by atoms with Gasteiger partial charge in [0.25, 0.3) is 0 Å². The average molecular weight is 137 g/mol. The van der Waals surface area contributed by atoms with Crippen molar-refractivity contribution in [3.63, 3.8) is 0 Å². The van der Waals surface area contributed by atoms with E-state index in [9.17, 15) is 4.91 Å². The highest BCUT2D eigenvalue weighted by atomic mass is 16.3. The van der Waals surface area contributed by atoms with Crippen LogP contribution in [0.15, 0.2) is 35.5 Å². The molecule has 1 aromatic rings. The van der Waals surface area contributed by atoms with E-state index in [0.29, 0.717) is 5.69 Å². The third kappa shape index (κ3) is 2.97. The molecule has 0 aliphatic heterocycles. The Labute approximate surface area is 60.9 Å². The molecule has 0 heterocycles. The highest BCUT2D eigenvalue weighted by Crippen LogP contribution is 2.07. The number of rotatable bonds is 1. The molecule has 0 aliphatic carbocycles. The first-order chi connectivity index (χ1) is 4.93. The lowest BCUT2D eigenvalue weighted by Crippen LogP contribution is -1.56. The van der Waals surface area contributed by atoms with E-state index in [1.165, 1.54) is 0 Å². The summed E-state index contributed by atoms with van der Waals surface area (Å²) in [4.78, 5) is 9.76. The van der Waals surface area contributed by atoms with Crippen molar-refractivity contribution in [2.75, 3.05) is 0 Å². The summed E-state index contributed by atoms with van der Waals surface area (Å²) in [6.45, 7) is 4.00. The van der Waals surface area contributed by atoms with Gasteiger partial charge in [-0.2, -0.15) is 0 Å². The second-order valence-electron chi connectivity index (χ2n) is 1.43. The molecule has 0 atom stereocenters. The molecule has 0 saturated carbocycles. The van der Waals surface area contributed by atoms with E-state index in [2.05, 4.69) is 5.18 Å². The summed E-state index contributed by atoms with van der Waals surface area (Å²) in [5, 5.41) is 2.72. The van der Waals surface area contributed by atoms with E-state index >= 15 is 0 Å². The summed E-state index contributed by atoms with van der Waals surface area (Å²) in [6, 6.07) is 8.71. The first-order valence-corrected chi connectivity index (χ1v) is 3.32. The van der Waals surface area contributed by atoms with E-state index in [-0.39, 0.29) is 0 Å². The molecule has 0 saturated heterocycles. The number of nitroso groups, excluding NO2 is 1. The van der Waals surface area contributed by atoms with Crippen LogP contribution >= 0.6 is 0 Å². The fraction of sp³-hybridized carbons (Fsp3) is 0.250. The lowest BCUT2D eigenvalue weighted by Gasteiger charge is -1.80. The van der Waals surface area contributed by atoms with Gasteiger partial charge in [0.15, 0.2) is 0 Å². The van der Waals surface area contributed by atoms with Crippen molar-refractivity contribution < 1.29 is 0 Å². The first kappa shape index (κ1) is 8.82. The van der Waals surface area contributed by atoms with Crippen molar-refractivity contribution in [3.8, 4) is 0 Å². The number of hydrogen-bond donors (Lipinski definition) is 0. The normalized spacial score (nSPS) is 7.40. The SMILES string of the molecule is CC.O=Nc1ccccc1. The van der Waals surface area contributed by atoms with Gasteiger partial charge in [0.2, 0.25) is 0 Å². The Morgan fingerprint density at radius 1 is 1.10 bits per heavy atom. The van der Waals surface area contributed by atoms with E-state index < -0.39 is 0 Å². The molecule has 54 valence electrons. The maximum Gasteiger partial charge on any atom is 0.107 e. The molecule has 1 aromatic carbocycles. The highest BCUT2D eigenvalue weighted by molar-refractivity contribution is 5.34. The molecule has 0 unspecified atom stereocenters. The minimum atomic E-state index is 0.479. The molecular weight excluding hydrogens is 126 g/mol. The molecule has 0 aliphatic rings. The Morgan fingerprint density at radius 2 is 1.60 bits per heavy atom. The zero-order valence-corrected chi connectivity index (χ0v) is 6.24. The summed E-state index contributed by atoms with van der Waals surface area (Å²) in [5.41, 5.74) is 0.479. The Kier molecular flexibility index (Phi) is 5.25. The highest BCUT2D eigenvalue weighted by Gasteiger charge is 1.81. The van der Waals surface area contributed by atoms with Crippen molar-refractivity contribution in [2.45, 2.75) is 13.8 Å². The molecule has 0 amide bonds.